The third kappa shape index (κ3) is 3.16. The molecule has 0 atom stereocenters. The van der Waals surface area contributed by atoms with E-state index in [0.717, 1.165) is 18.7 Å². The summed E-state index contributed by atoms with van der Waals surface area (Å²) in [6.07, 6.45) is 3.68. The quantitative estimate of drug-likeness (QED) is 0.837. The molecule has 0 aromatic carbocycles. The van der Waals surface area contributed by atoms with E-state index < -0.39 is 0 Å². The van der Waals surface area contributed by atoms with Crippen LogP contribution in [0.4, 0.5) is 5.82 Å². The predicted molar refractivity (Wildman–Crippen MR) is 64.2 cm³/mol. The van der Waals surface area contributed by atoms with Gasteiger partial charge in [-0.25, -0.2) is 9.97 Å². The molecule has 0 saturated heterocycles. The van der Waals surface area contributed by atoms with E-state index in [-0.39, 0.29) is 5.91 Å². The van der Waals surface area contributed by atoms with E-state index in [2.05, 4.69) is 31.2 Å². The Morgan fingerprint density at radius 1 is 1.62 bits per heavy atom. The molecule has 1 aromatic rings. The average molecular weight is 285 g/mol. The van der Waals surface area contributed by atoms with Gasteiger partial charge in [0.05, 0.1) is 6.54 Å². The van der Waals surface area contributed by atoms with Gasteiger partial charge in [0.25, 0.3) is 0 Å². The third-order valence-electron chi connectivity index (χ3n) is 2.33. The van der Waals surface area contributed by atoms with Crippen molar-refractivity contribution < 1.29 is 4.79 Å². The van der Waals surface area contributed by atoms with Crippen LogP contribution in [0, 0.1) is 0 Å². The van der Waals surface area contributed by atoms with Crippen LogP contribution in [-0.2, 0) is 4.79 Å². The van der Waals surface area contributed by atoms with E-state index in [0.29, 0.717) is 17.2 Å². The van der Waals surface area contributed by atoms with Gasteiger partial charge in [-0.1, -0.05) is 0 Å². The molecule has 1 aromatic heterocycles. The minimum absolute atomic E-state index is 0.0414. The van der Waals surface area contributed by atoms with Crippen molar-refractivity contribution in [2.75, 3.05) is 18.5 Å². The Morgan fingerprint density at radius 2 is 2.38 bits per heavy atom. The van der Waals surface area contributed by atoms with Crippen molar-refractivity contribution in [1.29, 1.82) is 0 Å². The van der Waals surface area contributed by atoms with E-state index in [4.69, 9.17) is 0 Å². The smallest absolute Gasteiger partial charge is 0.239 e. The number of aromatic nitrogens is 2. The van der Waals surface area contributed by atoms with Gasteiger partial charge < -0.3 is 10.2 Å². The Hall–Kier alpha value is -1.17. The van der Waals surface area contributed by atoms with E-state index in [1.807, 2.05) is 7.05 Å². The standard InChI is InChI=1S/C10H13BrN4O/c1-15(5-10(16)14-7-2-3-7)9-4-8(11)12-6-13-9/h4,6-7H,2-3,5H2,1H3,(H,14,16). The maximum absolute atomic E-state index is 11.6. The van der Waals surface area contributed by atoms with Crippen LogP contribution in [-0.4, -0.2) is 35.5 Å². The molecule has 1 aliphatic rings. The first-order valence-electron chi connectivity index (χ1n) is 5.13. The Balaban J connectivity index is 1.91. The lowest BCUT2D eigenvalue weighted by molar-refractivity contribution is -0.119. The zero-order valence-electron chi connectivity index (χ0n) is 8.98. The molecular weight excluding hydrogens is 272 g/mol. The highest BCUT2D eigenvalue weighted by molar-refractivity contribution is 9.10. The van der Waals surface area contributed by atoms with Gasteiger partial charge in [0.2, 0.25) is 5.91 Å². The lowest BCUT2D eigenvalue weighted by Gasteiger charge is -2.17. The van der Waals surface area contributed by atoms with Gasteiger partial charge in [-0.05, 0) is 28.8 Å². The molecule has 6 heteroatoms. The first-order valence-corrected chi connectivity index (χ1v) is 5.92. The number of carbonyl (C=O) groups is 1. The average Bonchev–Trinajstić information content (AvgIpc) is 3.01. The van der Waals surface area contributed by atoms with Crippen molar-refractivity contribution in [3.63, 3.8) is 0 Å². The zero-order valence-corrected chi connectivity index (χ0v) is 10.6. The summed E-state index contributed by atoms with van der Waals surface area (Å²) in [7, 11) is 1.83. The number of carbonyl (C=O) groups excluding carboxylic acids is 1. The monoisotopic (exact) mass is 284 g/mol. The van der Waals surface area contributed by atoms with E-state index in [1.54, 1.807) is 11.0 Å². The fraction of sp³-hybridized carbons (Fsp3) is 0.500. The van der Waals surface area contributed by atoms with Crippen LogP contribution in [0.15, 0.2) is 17.0 Å². The van der Waals surface area contributed by atoms with Crippen LogP contribution in [0.25, 0.3) is 0 Å². The van der Waals surface area contributed by atoms with Crippen molar-refractivity contribution >= 4 is 27.7 Å². The number of amides is 1. The number of likely N-dealkylation sites (N-methyl/N-ethyl adjacent to an activating group) is 1. The highest BCUT2D eigenvalue weighted by Gasteiger charge is 2.23. The second kappa shape index (κ2) is 4.78. The molecule has 86 valence electrons. The normalized spacial score (nSPS) is 14.6. The molecule has 5 nitrogen and oxygen atoms in total. The highest BCUT2D eigenvalue weighted by atomic mass is 79.9. The Labute approximate surface area is 102 Å². The first-order chi connectivity index (χ1) is 7.65. The molecule has 0 bridgehead atoms. The SMILES string of the molecule is CN(CC(=O)NC1CC1)c1cc(Br)ncn1. The number of hydrogen-bond donors (Lipinski definition) is 1. The lowest BCUT2D eigenvalue weighted by Crippen LogP contribution is -2.36. The predicted octanol–water partition coefficient (Wildman–Crippen LogP) is 0.954. The molecule has 1 amide bonds. The second-order valence-electron chi connectivity index (χ2n) is 3.90. The topological polar surface area (TPSA) is 58.1 Å². The summed E-state index contributed by atoms with van der Waals surface area (Å²) in [5.41, 5.74) is 0. The first kappa shape index (κ1) is 11.3. The molecular formula is C10H13BrN4O. The summed E-state index contributed by atoms with van der Waals surface area (Å²) in [6, 6.07) is 2.18. The van der Waals surface area contributed by atoms with Crippen LogP contribution in [0.2, 0.25) is 0 Å². The van der Waals surface area contributed by atoms with Crippen molar-refractivity contribution in [2.24, 2.45) is 0 Å². The summed E-state index contributed by atoms with van der Waals surface area (Å²) in [6.45, 7) is 0.319. The molecule has 0 spiro atoms. The number of halogens is 1. The van der Waals surface area contributed by atoms with Crippen LogP contribution >= 0.6 is 15.9 Å². The van der Waals surface area contributed by atoms with Crippen molar-refractivity contribution in [1.82, 2.24) is 15.3 Å². The maximum Gasteiger partial charge on any atom is 0.239 e. The largest absolute Gasteiger partial charge is 0.352 e. The van der Waals surface area contributed by atoms with Gasteiger partial charge in [-0.3, -0.25) is 4.79 Å². The molecule has 0 unspecified atom stereocenters. The fourth-order valence-electron chi connectivity index (χ4n) is 1.33. The Bertz CT molecular complexity index is 394. The number of hydrogen-bond acceptors (Lipinski definition) is 4. The van der Waals surface area contributed by atoms with E-state index in [1.165, 1.54) is 6.33 Å². The Morgan fingerprint density at radius 3 is 3.00 bits per heavy atom. The van der Waals surface area contributed by atoms with Crippen molar-refractivity contribution in [2.45, 2.75) is 18.9 Å². The van der Waals surface area contributed by atoms with Crippen molar-refractivity contribution in [3.8, 4) is 0 Å². The number of nitrogens with one attached hydrogen (secondary N) is 1. The molecule has 0 aliphatic heterocycles. The molecule has 0 radical (unpaired) electrons. The second-order valence-corrected chi connectivity index (χ2v) is 4.71. The molecule has 1 N–H and O–H groups in total. The molecule has 1 fully saturated rings. The summed E-state index contributed by atoms with van der Waals surface area (Å²) in [5, 5.41) is 2.93. The van der Waals surface area contributed by atoms with Crippen LogP contribution in [0.3, 0.4) is 0 Å². The summed E-state index contributed by atoms with van der Waals surface area (Å²) in [5.74, 6) is 0.771. The third-order valence-corrected chi connectivity index (χ3v) is 2.77. The number of nitrogens with zero attached hydrogens (tertiary/aromatic N) is 3. The molecule has 16 heavy (non-hydrogen) atoms. The van der Waals surface area contributed by atoms with Gasteiger partial charge in [-0.15, -0.1) is 0 Å². The molecule has 2 rings (SSSR count). The zero-order chi connectivity index (χ0) is 11.5. The van der Waals surface area contributed by atoms with Gasteiger partial charge >= 0.3 is 0 Å². The van der Waals surface area contributed by atoms with Crippen LogP contribution in [0.1, 0.15) is 12.8 Å². The van der Waals surface area contributed by atoms with E-state index in [9.17, 15) is 4.79 Å². The van der Waals surface area contributed by atoms with Gasteiger partial charge in [0, 0.05) is 19.2 Å². The van der Waals surface area contributed by atoms with Gasteiger partial charge in [0.15, 0.2) is 0 Å². The van der Waals surface area contributed by atoms with Gasteiger partial charge in [0.1, 0.15) is 16.7 Å². The van der Waals surface area contributed by atoms with Gasteiger partial charge in [-0.2, -0.15) is 0 Å². The minimum atomic E-state index is 0.0414. The summed E-state index contributed by atoms with van der Waals surface area (Å²) >= 11 is 3.27. The molecule has 1 saturated carbocycles. The van der Waals surface area contributed by atoms with Crippen LogP contribution < -0.4 is 10.2 Å². The highest BCUT2D eigenvalue weighted by Crippen LogP contribution is 2.18. The fourth-order valence-corrected chi connectivity index (χ4v) is 1.63. The van der Waals surface area contributed by atoms with E-state index >= 15 is 0 Å². The lowest BCUT2D eigenvalue weighted by atomic mass is 10.4. The number of anilines is 1. The van der Waals surface area contributed by atoms with Crippen molar-refractivity contribution in [3.05, 3.63) is 17.0 Å². The van der Waals surface area contributed by atoms with Crippen LogP contribution in [0.5, 0.6) is 0 Å². The summed E-state index contributed by atoms with van der Waals surface area (Å²) < 4.78 is 0.715. The minimum Gasteiger partial charge on any atom is -0.352 e. The summed E-state index contributed by atoms with van der Waals surface area (Å²) in [4.78, 5) is 21.4. The maximum atomic E-state index is 11.6. The Kier molecular flexibility index (Phi) is 3.38. The number of rotatable bonds is 4. The molecule has 1 heterocycles. The molecule has 1 aliphatic carbocycles.